The molecule has 2 aromatic rings. The fraction of sp³-hybridized carbons (Fsp3) is 0.481. The average Bonchev–Trinajstić information content (AvgIpc) is 2.81. The van der Waals surface area contributed by atoms with Crippen LogP contribution in [0.1, 0.15) is 80.8 Å². The molecule has 0 bridgehead atoms. The largest absolute Gasteiger partial charge is 0.366 e. The lowest BCUT2D eigenvalue weighted by atomic mass is 9.98. The molecule has 0 radical (unpaired) electrons. The van der Waals surface area contributed by atoms with Crippen LogP contribution in [0, 0.1) is 0 Å². The quantitative estimate of drug-likeness (QED) is 0.472. The minimum absolute atomic E-state index is 0.00837. The zero-order chi connectivity index (χ0) is 22.9. The average molecular weight is 436 g/mol. The van der Waals surface area contributed by atoms with Gasteiger partial charge in [-0.2, -0.15) is 0 Å². The molecule has 0 fully saturated rings. The first kappa shape index (κ1) is 23.8. The molecule has 5 heteroatoms. The van der Waals surface area contributed by atoms with E-state index in [4.69, 9.17) is 0 Å². The van der Waals surface area contributed by atoms with Gasteiger partial charge in [0.25, 0.3) is 5.91 Å². The molecule has 2 N–H and O–H groups in total. The highest BCUT2D eigenvalue weighted by atomic mass is 16.2. The number of nitrogens with one attached hydrogen (secondary N) is 2. The minimum atomic E-state index is -0.0905. The van der Waals surface area contributed by atoms with Crippen molar-refractivity contribution in [1.29, 1.82) is 0 Å². The van der Waals surface area contributed by atoms with Crippen LogP contribution in [0.5, 0.6) is 0 Å². The first-order valence-electron chi connectivity index (χ1n) is 12.1. The Labute approximate surface area is 192 Å². The number of hydrogen-bond acceptors (Lipinski definition) is 3. The third-order valence-electron chi connectivity index (χ3n) is 6.24. The number of rotatable bonds is 10. The number of amides is 2. The molecule has 1 aliphatic heterocycles. The summed E-state index contributed by atoms with van der Waals surface area (Å²) in [4.78, 5) is 27.8. The number of anilines is 2. The predicted molar refractivity (Wildman–Crippen MR) is 132 cm³/mol. The Morgan fingerprint density at radius 2 is 1.81 bits per heavy atom. The molecule has 0 aromatic heterocycles. The lowest BCUT2D eigenvalue weighted by Crippen LogP contribution is -2.35. The van der Waals surface area contributed by atoms with E-state index in [0.717, 1.165) is 57.3 Å². The number of carbonyl (C=O) groups excluding carboxylic acids is 2. The first-order chi connectivity index (χ1) is 15.5. The fourth-order valence-electron chi connectivity index (χ4n) is 4.11. The third kappa shape index (κ3) is 6.35. The number of hydrogen-bond donors (Lipinski definition) is 2. The van der Waals surface area contributed by atoms with E-state index in [0.29, 0.717) is 17.7 Å². The van der Waals surface area contributed by atoms with E-state index in [-0.39, 0.29) is 17.9 Å². The molecule has 0 spiro atoms. The molecule has 0 unspecified atom stereocenters. The molecule has 0 saturated heterocycles. The van der Waals surface area contributed by atoms with Crippen molar-refractivity contribution >= 4 is 23.2 Å². The lowest BCUT2D eigenvalue weighted by molar-refractivity contribution is -0.116. The summed E-state index contributed by atoms with van der Waals surface area (Å²) in [6.45, 7) is 7.88. The zero-order valence-electron chi connectivity index (χ0n) is 19.7. The van der Waals surface area contributed by atoms with Crippen LogP contribution >= 0.6 is 0 Å². The summed E-state index contributed by atoms with van der Waals surface area (Å²) in [5, 5.41) is 6.08. The molecule has 1 atom stereocenters. The monoisotopic (exact) mass is 435 g/mol. The number of nitrogens with zero attached hydrogens (tertiary/aromatic N) is 1. The van der Waals surface area contributed by atoms with Crippen LogP contribution < -0.4 is 15.5 Å². The summed E-state index contributed by atoms with van der Waals surface area (Å²) in [6.07, 6.45) is 6.61. The van der Waals surface area contributed by atoms with E-state index >= 15 is 0 Å². The molecule has 3 rings (SSSR count). The summed E-state index contributed by atoms with van der Waals surface area (Å²) in [5.41, 5.74) is 4.90. The predicted octanol–water partition coefficient (Wildman–Crippen LogP) is 5.69. The van der Waals surface area contributed by atoms with Crippen LogP contribution in [-0.2, 0) is 17.8 Å². The van der Waals surface area contributed by atoms with E-state index in [1.54, 1.807) is 0 Å². The Bertz CT molecular complexity index is 925. The summed E-state index contributed by atoms with van der Waals surface area (Å²) in [7, 11) is 0. The normalized spacial score (nSPS) is 13.9. The van der Waals surface area contributed by atoms with E-state index in [1.807, 2.05) is 25.1 Å². The molecule has 1 aliphatic rings. The SMILES string of the molecule is CCCCCCC(=O)Nc1ccc(N2CCc3ccccc3C2)c(C(=O)N[C@@H](C)CC)c1. The molecular formula is C27H37N3O2. The maximum absolute atomic E-state index is 13.2. The second-order valence-corrected chi connectivity index (χ2v) is 8.81. The Balaban J connectivity index is 1.80. The number of unbranched alkanes of at least 4 members (excludes halogenated alkanes) is 3. The van der Waals surface area contributed by atoms with Crippen molar-refractivity contribution in [2.24, 2.45) is 0 Å². The summed E-state index contributed by atoms with van der Waals surface area (Å²) in [6, 6.07) is 14.3. The second-order valence-electron chi connectivity index (χ2n) is 8.81. The Kier molecular flexibility index (Phi) is 8.72. The molecule has 0 aliphatic carbocycles. The van der Waals surface area contributed by atoms with Gasteiger partial charge in [-0.25, -0.2) is 0 Å². The topological polar surface area (TPSA) is 61.4 Å². The van der Waals surface area contributed by atoms with Crippen LogP contribution in [0.3, 0.4) is 0 Å². The van der Waals surface area contributed by atoms with Crippen molar-refractivity contribution < 1.29 is 9.59 Å². The van der Waals surface area contributed by atoms with Crippen molar-refractivity contribution in [3.05, 3.63) is 59.2 Å². The van der Waals surface area contributed by atoms with Crippen LogP contribution in [0.25, 0.3) is 0 Å². The minimum Gasteiger partial charge on any atom is -0.366 e. The second kappa shape index (κ2) is 11.7. The molecule has 32 heavy (non-hydrogen) atoms. The fourth-order valence-corrected chi connectivity index (χ4v) is 4.11. The van der Waals surface area contributed by atoms with Crippen LogP contribution in [0.4, 0.5) is 11.4 Å². The van der Waals surface area contributed by atoms with Gasteiger partial charge in [0.15, 0.2) is 0 Å². The summed E-state index contributed by atoms with van der Waals surface area (Å²) >= 11 is 0. The Morgan fingerprint density at radius 1 is 1.03 bits per heavy atom. The molecule has 0 saturated carbocycles. The Morgan fingerprint density at radius 3 is 2.56 bits per heavy atom. The van der Waals surface area contributed by atoms with Gasteiger partial charge in [0.2, 0.25) is 5.91 Å². The van der Waals surface area contributed by atoms with Crippen molar-refractivity contribution in [3.63, 3.8) is 0 Å². The maximum atomic E-state index is 13.2. The van der Waals surface area contributed by atoms with Crippen LogP contribution in [0.2, 0.25) is 0 Å². The number of fused-ring (bicyclic) bond motifs is 1. The highest BCUT2D eigenvalue weighted by molar-refractivity contribution is 6.02. The lowest BCUT2D eigenvalue weighted by Gasteiger charge is -2.32. The van der Waals surface area contributed by atoms with Gasteiger partial charge in [0.05, 0.1) is 5.56 Å². The van der Waals surface area contributed by atoms with E-state index < -0.39 is 0 Å². The first-order valence-corrected chi connectivity index (χ1v) is 12.1. The van der Waals surface area contributed by atoms with E-state index in [2.05, 4.69) is 53.6 Å². The van der Waals surface area contributed by atoms with Crippen LogP contribution in [-0.4, -0.2) is 24.4 Å². The van der Waals surface area contributed by atoms with Gasteiger partial charge >= 0.3 is 0 Å². The number of benzene rings is 2. The third-order valence-corrected chi connectivity index (χ3v) is 6.24. The van der Waals surface area contributed by atoms with Crippen molar-refractivity contribution in [2.45, 2.75) is 78.3 Å². The standard InChI is InChI=1S/C27H37N3O2/c1-4-6-7-8-13-26(31)29-23-14-15-25(24(18-23)27(32)28-20(3)5-2)30-17-16-21-11-9-10-12-22(21)19-30/h9-12,14-15,18,20H,4-8,13,16-17,19H2,1-3H3,(H,28,32)(H,29,31)/t20-/m0/s1. The van der Waals surface area contributed by atoms with Gasteiger partial charge < -0.3 is 15.5 Å². The number of carbonyl (C=O) groups is 2. The highest BCUT2D eigenvalue weighted by Crippen LogP contribution is 2.30. The van der Waals surface area contributed by atoms with E-state index in [9.17, 15) is 9.59 Å². The smallest absolute Gasteiger partial charge is 0.253 e. The van der Waals surface area contributed by atoms with Gasteiger partial charge in [-0.1, -0.05) is 57.4 Å². The van der Waals surface area contributed by atoms with Crippen LogP contribution in [0.15, 0.2) is 42.5 Å². The van der Waals surface area contributed by atoms with E-state index in [1.165, 1.54) is 11.1 Å². The van der Waals surface area contributed by atoms with Crippen molar-refractivity contribution in [3.8, 4) is 0 Å². The van der Waals surface area contributed by atoms with Gasteiger partial charge in [-0.05, 0) is 55.5 Å². The zero-order valence-corrected chi connectivity index (χ0v) is 19.7. The molecule has 2 aromatic carbocycles. The van der Waals surface area contributed by atoms with Gasteiger partial charge in [0.1, 0.15) is 0 Å². The summed E-state index contributed by atoms with van der Waals surface area (Å²) in [5.74, 6) is -0.0821. The molecule has 5 nitrogen and oxygen atoms in total. The van der Waals surface area contributed by atoms with Gasteiger partial charge in [-0.3, -0.25) is 9.59 Å². The highest BCUT2D eigenvalue weighted by Gasteiger charge is 2.22. The summed E-state index contributed by atoms with van der Waals surface area (Å²) < 4.78 is 0. The van der Waals surface area contributed by atoms with Gasteiger partial charge in [-0.15, -0.1) is 0 Å². The molecule has 1 heterocycles. The van der Waals surface area contributed by atoms with Gasteiger partial charge in [0, 0.05) is 36.9 Å². The Hall–Kier alpha value is -2.82. The van der Waals surface area contributed by atoms with Crippen molar-refractivity contribution in [2.75, 3.05) is 16.8 Å². The molecule has 2 amide bonds. The van der Waals surface area contributed by atoms with Crippen molar-refractivity contribution in [1.82, 2.24) is 5.32 Å². The molecular weight excluding hydrogens is 398 g/mol. The molecule has 172 valence electrons. The maximum Gasteiger partial charge on any atom is 0.253 e.